The molecule has 0 aliphatic carbocycles. The fraction of sp³-hybridized carbons (Fsp3) is 0.333. The predicted molar refractivity (Wildman–Crippen MR) is 83.7 cm³/mol. The average molecular weight is 331 g/mol. The van der Waals surface area contributed by atoms with E-state index in [1.54, 1.807) is 12.1 Å². The van der Waals surface area contributed by atoms with Crippen molar-refractivity contribution in [3.8, 4) is 6.07 Å². The van der Waals surface area contributed by atoms with Crippen LogP contribution in [0.4, 0.5) is 0 Å². The Morgan fingerprint density at radius 1 is 1.43 bits per heavy atom. The maximum atomic E-state index is 11.7. The van der Waals surface area contributed by atoms with Crippen LogP contribution in [0.5, 0.6) is 0 Å². The van der Waals surface area contributed by atoms with Crippen molar-refractivity contribution in [2.24, 2.45) is 0 Å². The van der Waals surface area contributed by atoms with Gasteiger partial charge in [-0.2, -0.15) is 5.26 Å². The van der Waals surface area contributed by atoms with Gasteiger partial charge in [-0.25, -0.2) is 0 Å². The molecular formula is C15H15ClN6O. The standard InChI is InChI=1S/C15H15ClN6O/c1-21(8-11-3-2-10(7-17)6-12(11)16)9-13-19-20-14-15(23)18-4-5-22(13)14/h2-3,6H,4-5,8-9H2,1H3,(H,18,23). The molecule has 23 heavy (non-hydrogen) atoms. The van der Waals surface area contributed by atoms with Gasteiger partial charge in [-0.3, -0.25) is 9.69 Å². The van der Waals surface area contributed by atoms with Gasteiger partial charge in [0.05, 0.1) is 18.2 Å². The summed E-state index contributed by atoms with van der Waals surface area (Å²) in [6, 6.07) is 7.33. The van der Waals surface area contributed by atoms with Crippen molar-refractivity contribution in [3.05, 3.63) is 46.0 Å². The lowest BCUT2D eigenvalue weighted by Crippen LogP contribution is -2.36. The zero-order valence-corrected chi connectivity index (χ0v) is 13.3. The summed E-state index contributed by atoms with van der Waals surface area (Å²) in [5.74, 6) is 0.922. The Kier molecular flexibility index (Phi) is 4.28. The van der Waals surface area contributed by atoms with E-state index in [2.05, 4.69) is 21.6 Å². The molecule has 1 aliphatic rings. The van der Waals surface area contributed by atoms with Crippen molar-refractivity contribution < 1.29 is 4.79 Å². The van der Waals surface area contributed by atoms with E-state index in [-0.39, 0.29) is 5.91 Å². The van der Waals surface area contributed by atoms with Gasteiger partial charge in [0.1, 0.15) is 5.82 Å². The lowest BCUT2D eigenvalue weighted by atomic mass is 10.1. The summed E-state index contributed by atoms with van der Waals surface area (Å²) in [4.78, 5) is 13.7. The minimum absolute atomic E-state index is 0.187. The van der Waals surface area contributed by atoms with Gasteiger partial charge in [0.15, 0.2) is 0 Å². The fourth-order valence-electron chi connectivity index (χ4n) is 2.55. The van der Waals surface area contributed by atoms with Crippen LogP contribution in [0.15, 0.2) is 18.2 Å². The molecule has 0 radical (unpaired) electrons. The van der Waals surface area contributed by atoms with Gasteiger partial charge in [-0.1, -0.05) is 17.7 Å². The molecule has 0 saturated heterocycles. The fourth-order valence-corrected chi connectivity index (χ4v) is 2.79. The third kappa shape index (κ3) is 3.18. The van der Waals surface area contributed by atoms with E-state index < -0.39 is 0 Å². The molecule has 0 saturated carbocycles. The molecule has 7 nitrogen and oxygen atoms in total. The average Bonchev–Trinajstić information content (AvgIpc) is 2.94. The summed E-state index contributed by atoms with van der Waals surface area (Å²) in [5.41, 5.74) is 1.48. The largest absolute Gasteiger partial charge is 0.348 e. The number of fused-ring (bicyclic) bond motifs is 1. The Hall–Kier alpha value is -2.43. The van der Waals surface area contributed by atoms with Crippen molar-refractivity contribution >= 4 is 17.5 Å². The second-order valence-electron chi connectivity index (χ2n) is 5.44. The van der Waals surface area contributed by atoms with Crippen molar-refractivity contribution in [2.45, 2.75) is 19.6 Å². The third-order valence-electron chi connectivity index (χ3n) is 3.69. The normalized spacial score (nSPS) is 13.6. The summed E-state index contributed by atoms with van der Waals surface area (Å²) < 4.78 is 1.84. The number of nitrogens with zero attached hydrogens (tertiary/aromatic N) is 5. The molecule has 0 bridgehead atoms. The van der Waals surface area contributed by atoms with Gasteiger partial charge in [-0.05, 0) is 24.7 Å². The van der Waals surface area contributed by atoms with Gasteiger partial charge in [-0.15, -0.1) is 10.2 Å². The molecular weight excluding hydrogens is 316 g/mol. The highest BCUT2D eigenvalue weighted by Gasteiger charge is 2.22. The van der Waals surface area contributed by atoms with Crippen LogP contribution < -0.4 is 5.32 Å². The second kappa shape index (κ2) is 6.36. The van der Waals surface area contributed by atoms with Gasteiger partial charge in [0.2, 0.25) is 5.82 Å². The van der Waals surface area contributed by atoms with E-state index in [4.69, 9.17) is 16.9 Å². The van der Waals surface area contributed by atoms with Crippen LogP contribution in [0.1, 0.15) is 27.6 Å². The Balaban J connectivity index is 1.72. The molecule has 8 heteroatoms. The van der Waals surface area contributed by atoms with E-state index in [9.17, 15) is 4.79 Å². The first-order valence-electron chi connectivity index (χ1n) is 7.16. The van der Waals surface area contributed by atoms with Gasteiger partial charge in [0, 0.05) is 24.7 Å². The molecule has 2 heterocycles. The molecule has 0 fully saturated rings. The highest BCUT2D eigenvalue weighted by molar-refractivity contribution is 6.31. The first kappa shape index (κ1) is 15.5. The number of halogens is 1. The number of rotatable bonds is 4. The maximum Gasteiger partial charge on any atom is 0.289 e. The van der Waals surface area contributed by atoms with Crippen LogP contribution in [0, 0.1) is 11.3 Å². The maximum absolute atomic E-state index is 11.7. The zero-order chi connectivity index (χ0) is 16.4. The van der Waals surface area contributed by atoms with E-state index in [0.29, 0.717) is 42.6 Å². The highest BCUT2D eigenvalue weighted by Crippen LogP contribution is 2.20. The minimum Gasteiger partial charge on any atom is -0.348 e. The summed E-state index contributed by atoms with van der Waals surface area (Å²) in [7, 11) is 1.94. The summed E-state index contributed by atoms with van der Waals surface area (Å²) >= 11 is 6.20. The first-order chi connectivity index (χ1) is 11.1. The number of aromatic nitrogens is 3. The summed E-state index contributed by atoms with van der Waals surface area (Å²) in [6.07, 6.45) is 0. The minimum atomic E-state index is -0.187. The number of nitriles is 1. The summed E-state index contributed by atoms with van der Waals surface area (Å²) in [5, 5.41) is 20.2. The van der Waals surface area contributed by atoms with Gasteiger partial charge < -0.3 is 9.88 Å². The van der Waals surface area contributed by atoms with Crippen LogP contribution in [0.25, 0.3) is 0 Å². The monoisotopic (exact) mass is 330 g/mol. The molecule has 1 aromatic carbocycles. The second-order valence-corrected chi connectivity index (χ2v) is 5.84. The smallest absolute Gasteiger partial charge is 0.289 e. The number of hydrogen-bond donors (Lipinski definition) is 1. The molecule has 0 spiro atoms. The molecule has 1 N–H and O–H groups in total. The van der Waals surface area contributed by atoms with Gasteiger partial charge in [0.25, 0.3) is 5.91 Å². The molecule has 3 rings (SSSR count). The van der Waals surface area contributed by atoms with Crippen LogP contribution in [-0.2, 0) is 19.6 Å². The van der Waals surface area contributed by atoms with Crippen molar-refractivity contribution in [1.82, 2.24) is 25.0 Å². The van der Waals surface area contributed by atoms with Crippen molar-refractivity contribution in [2.75, 3.05) is 13.6 Å². The number of hydrogen-bond acceptors (Lipinski definition) is 5. The molecule has 1 amide bonds. The number of amides is 1. The van der Waals surface area contributed by atoms with Gasteiger partial charge >= 0.3 is 0 Å². The highest BCUT2D eigenvalue weighted by atomic mass is 35.5. The molecule has 118 valence electrons. The quantitative estimate of drug-likeness (QED) is 0.909. The van der Waals surface area contributed by atoms with Crippen LogP contribution in [0.3, 0.4) is 0 Å². The molecule has 1 aromatic heterocycles. The zero-order valence-electron chi connectivity index (χ0n) is 12.6. The molecule has 2 aromatic rings. The number of carbonyl (C=O) groups is 1. The Morgan fingerprint density at radius 2 is 2.26 bits per heavy atom. The number of carbonyl (C=O) groups excluding carboxylic acids is 1. The first-order valence-corrected chi connectivity index (χ1v) is 7.53. The number of benzene rings is 1. The van der Waals surface area contributed by atoms with Crippen LogP contribution >= 0.6 is 11.6 Å². The third-order valence-corrected chi connectivity index (χ3v) is 4.04. The van der Waals surface area contributed by atoms with Crippen molar-refractivity contribution in [1.29, 1.82) is 5.26 Å². The van der Waals surface area contributed by atoms with E-state index in [1.807, 2.05) is 22.6 Å². The number of nitrogens with one attached hydrogen (secondary N) is 1. The Bertz CT molecular complexity index is 794. The Labute approximate surface area is 138 Å². The molecule has 0 atom stereocenters. The predicted octanol–water partition coefficient (Wildman–Crippen LogP) is 1.18. The topological polar surface area (TPSA) is 86.8 Å². The molecule has 0 unspecified atom stereocenters. The Morgan fingerprint density at radius 3 is 3.00 bits per heavy atom. The van der Waals surface area contributed by atoms with E-state index >= 15 is 0 Å². The lowest BCUT2D eigenvalue weighted by molar-refractivity contribution is 0.0920. The molecule has 1 aliphatic heterocycles. The lowest BCUT2D eigenvalue weighted by Gasteiger charge is -2.20. The van der Waals surface area contributed by atoms with Crippen LogP contribution in [0.2, 0.25) is 5.02 Å². The SMILES string of the molecule is CN(Cc1ccc(C#N)cc1Cl)Cc1nnc2n1CCNC2=O. The van der Waals surface area contributed by atoms with Crippen LogP contribution in [-0.4, -0.2) is 39.2 Å². The van der Waals surface area contributed by atoms with E-state index in [0.717, 1.165) is 11.4 Å². The summed E-state index contributed by atoms with van der Waals surface area (Å²) in [6.45, 7) is 2.42. The van der Waals surface area contributed by atoms with Crippen molar-refractivity contribution in [3.63, 3.8) is 0 Å². The van der Waals surface area contributed by atoms with E-state index in [1.165, 1.54) is 0 Å².